The lowest BCUT2D eigenvalue weighted by atomic mass is 10.1. The molecule has 0 aliphatic rings. The van der Waals surface area contributed by atoms with Crippen molar-refractivity contribution in [1.82, 2.24) is 19.9 Å². The molecule has 88 valence electrons. The first kappa shape index (κ1) is 11.6. The molecule has 0 aliphatic carbocycles. The molecule has 0 bridgehead atoms. The number of hydrogen-bond donors (Lipinski definition) is 1. The Morgan fingerprint density at radius 1 is 1.18 bits per heavy atom. The van der Waals surface area contributed by atoms with E-state index in [1.807, 2.05) is 0 Å². The zero-order chi connectivity index (χ0) is 12.1. The fourth-order valence-corrected chi connectivity index (χ4v) is 1.60. The first-order valence-corrected chi connectivity index (χ1v) is 5.66. The summed E-state index contributed by atoms with van der Waals surface area (Å²) in [6.45, 7) is 2.58. The van der Waals surface area contributed by atoms with Gasteiger partial charge in [-0.2, -0.15) is 0 Å². The molecular formula is C12H15N5. The predicted octanol–water partition coefficient (Wildman–Crippen LogP) is 1.34. The largest absolute Gasteiger partial charge is 0.326 e. The first-order chi connectivity index (χ1) is 8.35. The molecule has 0 saturated heterocycles. The van der Waals surface area contributed by atoms with E-state index in [-0.39, 0.29) is 0 Å². The fourth-order valence-electron chi connectivity index (χ4n) is 1.60. The molecule has 5 heteroatoms. The number of aryl methyl sites for hydroxylation is 1. The van der Waals surface area contributed by atoms with Gasteiger partial charge in [-0.1, -0.05) is 13.3 Å². The van der Waals surface area contributed by atoms with E-state index in [0.29, 0.717) is 18.1 Å². The maximum atomic E-state index is 5.66. The fraction of sp³-hybridized carbons (Fsp3) is 0.333. The van der Waals surface area contributed by atoms with Gasteiger partial charge in [0, 0.05) is 36.4 Å². The molecule has 0 unspecified atom stereocenters. The van der Waals surface area contributed by atoms with Gasteiger partial charge in [-0.05, 0) is 6.42 Å². The molecule has 0 aromatic carbocycles. The van der Waals surface area contributed by atoms with E-state index >= 15 is 0 Å². The van der Waals surface area contributed by atoms with Crippen molar-refractivity contribution in [1.29, 1.82) is 0 Å². The van der Waals surface area contributed by atoms with Gasteiger partial charge in [-0.15, -0.1) is 0 Å². The second-order valence-electron chi connectivity index (χ2n) is 3.71. The van der Waals surface area contributed by atoms with Crippen molar-refractivity contribution < 1.29 is 0 Å². The third-order valence-corrected chi connectivity index (χ3v) is 2.45. The minimum atomic E-state index is 0.468. The Morgan fingerprint density at radius 3 is 2.71 bits per heavy atom. The van der Waals surface area contributed by atoms with E-state index in [4.69, 9.17) is 5.73 Å². The van der Waals surface area contributed by atoms with Gasteiger partial charge in [-0.3, -0.25) is 4.98 Å². The number of hydrogen-bond acceptors (Lipinski definition) is 5. The van der Waals surface area contributed by atoms with Crippen LogP contribution in [0.2, 0.25) is 0 Å². The van der Waals surface area contributed by atoms with Crippen LogP contribution in [0.15, 0.2) is 24.8 Å². The number of nitrogens with zero attached hydrogens (tertiary/aromatic N) is 4. The van der Waals surface area contributed by atoms with Gasteiger partial charge in [0.15, 0.2) is 5.82 Å². The van der Waals surface area contributed by atoms with Crippen molar-refractivity contribution in [3.05, 3.63) is 36.0 Å². The van der Waals surface area contributed by atoms with Crippen molar-refractivity contribution in [3.8, 4) is 11.5 Å². The summed E-state index contributed by atoms with van der Waals surface area (Å²) in [7, 11) is 0. The summed E-state index contributed by atoms with van der Waals surface area (Å²) in [4.78, 5) is 17.0. The molecule has 2 aromatic rings. The topological polar surface area (TPSA) is 77.6 Å². The van der Waals surface area contributed by atoms with Crippen LogP contribution in [0.1, 0.15) is 24.6 Å². The predicted molar refractivity (Wildman–Crippen MR) is 64.9 cm³/mol. The molecule has 2 rings (SSSR count). The second kappa shape index (κ2) is 5.45. The summed E-state index contributed by atoms with van der Waals surface area (Å²) in [5.41, 5.74) is 8.35. The lowest BCUT2D eigenvalue weighted by Crippen LogP contribution is -2.06. The highest BCUT2D eigenvalue weighted by Crippen LogP contribution is 2.14. The molecule has 0 saturated carbocycles. The quantitative estimate of drug-likeness (QED) is 0.856. The summed E-state index contributed by atoms with van der Waals surface area (Å²) in [5.74, 6) is 0.610. The van der Waals surface area contributed by atoms with E-state index < -0.39 is 0 Å². The standard InChI is InChI=1S/C12H15N5/c1-2-3-10-9(6-13)7-16-12(17-10)11-8-14-4-5-15-11/h4-5,7-8H,2-3,6,13H2,1H3. The molecule has 17 heavy (non-hydrogen) atoms. The minimum Gasteiger partial charge on any atom is -0.326 e. The van der Waals surface area contributed by atoms with Gasteiger partial charge in [0.2, 0.25) is 0 Å². The molecule has 0 spiro atoms. The van der Waals surface area contributed by atoms with Crippen LogP contribution in [0.25, 0.3) is 11.5 Å². The first-order valence-electron chi connectivity index (χ1n) is 5.66. The smallest absolute Gasteiger partial charge is 0.179 e. The van der Waals surface area contributed by atoms with E-state index in [1.165, 1.54) is 0 Å². The zero-order valence-corrected chi connectivity index (χ0v) is 9.80. The van der Waals surface area contributed by atoms with Crippen LogP contribution in [-0.4, -0.2) is 19.9 Å². The monoisotopic (exact) mass is 229 g/mol. The molecule has 5 nitrogen and oxygen atoms in total. The highest BCUT2D eigenvalue weighted by molar-refractivity contribution is 5.47. The van der Waals surface area contributed by atoms with Gasteiger partial charge >= 0.3 is 0 Å². The SMILES string of the molecule is CCCc1nc(-c2cnccn2)ncc1CN. The molecule has 0 radical (unpaired) electrons. The summed E-state index contributed by atoms with van der Waals surface area (Å²) in [6.07, 6.45) is 8.64. The van der Waals surface area contributed by atoms with Crippen molar-refractivity contribution in [2.75, 3.05) is 0 Å². The van der Waals surface area contributed by atoms with Crippen LogP contribution in [0.4, 0.5) is 0 Å². The molecule has 0 fully saturated rings. The molecular weight excluding hydrogens is 214 g/mol. The minimum absolute atomic E-state index is 0.468. The van der Waals surface area contributed by atoms with Crippen LogP contribution < -0.4 is 5.73 Å². The zero-order valence-electron chi connectivity index (χ0n) is 9.80. The second-order valence-corrected chi connectivity index (χ2v) is 3.71. The Hall–Kier alpha value is -1.88. The van der Waals surface area contributed by atoms with Gasteiger partial charge in [0.1, 0.15) is 5.69 Å². The van der Waals surface area contributed by atoms with Crippen molar-refractivity contribution in [3.63, 3.8) is 0 Å². The molecule has 2 heterocycles. The number of aromatic nitrogens is 4. The molecule has 2 N–H and O–H groups in total. The summed E-state index contributed by atoms with van der Waals surface area (Å²) in [6, 6.07) is 0. The maximum absolute atomic E-state index is 5.66. The molecule has 0 atom stereocenters. The average Bonchev–Trinajstić information content (AvgIpc) is 2.40. The highest BCUT2D eigenvalue weighted by atomic mass is 14.9. The van der Waals surface area contributed by atoms with Gasteiger partial charge in [0.05, 0.1) is 6.20 Å². The molecule has 0 aliphatic heterocycles. The summed E-state index contributed by atoms with van der Waals surface area (Å²) >= 11 is 0. The van der Waals surface area contributed by atoms with Crippen LogP contribution in [0, 0.1) is 0 Å². The Balaban J connectivity index is 2.40. The third-order valence-electron chi connectivity index (χ3n) is 2.45. The van der Waals surface area contributed by atoms with Gasteiger partial charge in [-0.25, -0.2) is 15.0 Å². The Bertz CT molecular complexity index is 484. The maximum Gasteiger partial charge on any atom is 0.179 e. The van der Waals surface area contributed by atoms with Crippen molar-refractivity contribution in [2.45, 2.75) is 26.3 Å². The normalized spacial score (nSPS) is 10.5. The lowest BCUT2D eigenvalue weighted by molar-refractivity contribution is 0.839. The number of nitrogens with two attached hydrogens (primary N) is 1. The van der Waals surface area contributed by atoms with E-state index in [1.54, 1.807) is 24.8 Å². The van der Waals surface area contributed by atoms with Gasteiger partial charge in [0.25, 0.3) is 0 Å². The van der Waals surface area contributed by atoms with E-state index in [9.17, 15) is 0 Å². The lowest BCUT2D eigenvalue weighted by Gasteiger charge is -2.07. The van der Waals surface area contributed by atoms with Crippen LogP contribution >= 0.6 is 0 Å². The van der Waals surface area contributed by atoms with Crippen molar-refractivity contribution >= 4 is 0 Å². The van der Waals surface area contributed by atoms with Crippen LogP contribution in [-0.2, 0) is 13.0 Å². The van der Waals surface area contributed by atoms with E-state index in [2.05, 4.69) is 26.9 Å². The highest BCUT2D eigenvalue weighted by Gasteiger charge is 2.07. The number of rotatable bonds is 4. The van der Waals surface area contributed by atoms with Crippen LogP contribution in [0.3, 0.4) is 0 Å². The Kier molecular flexibility index (Phi) is 3.72. The average molecular weight is 229 g/mol. The summed E-state index contributed by atoms with van der Waals surface area (Å²) < 4.78 is 0. The summed E-state index contributed by atoms with van der Waals surface area (Å²) in [5, 5.41) is 0. The Morgan fingerprint density at radius 2 is 2.06 bits per heavy atom. The Labute approximate surface area is 100 Å². The molecule has 0 amide bonds. The van der Waals surface area contributed by atoms with Crippen molar-refractivity contribution in [2.24, 2.45) is 5.73 Å². The van der Waals surface area contributed by atoms with Crippen LogP contribution in [0.5, 0.6) is 0 Å². The third kappa shape index (κ3) is 2.62. The van der Waals surface area contributed by atoms with Gasteiger partial charge < -0.3 is 5.73 Å². The van der Waals surface area contributed by atoms with E-state index in [0.717, 1.165) is 24.1 Å². The molecule has 2 aromatic heterocycles.